The molecule has 0 fully saturated rings. The summed E-state index contributed by atoms with van der Waals surface area (Å²) in [5, 5.41) is 0.932. The number of rotatable bonds is 4. The molecular weight excluding hydrogens is 269 g/mol. The molecule has 0 amide bonds. The van der Waals surface area contributed by atoms with E-state index in [0.29, 0.717) is 16.5 Å². The minimum absolute atomic E-state index is 0.0900. The Morgan fingerprint density at radius 1 is 1.11 bits per heavy atom. The smallest absolute Gasteiger partial charge is 0.141 e. The van der Waals surface area contributed by atoms with Crippen LogP contribution in [0.2, 0.25) is 10.0 Å². The minimum atomic E-state index is 0.0900. The molecule has 2 nitrogen and oxygen atoms in total. The second-order valence-electron chi connectivity index (χ2n) is 3.97. The van der Waals surface area contributed by atoms with Gasteiger partial charge >= 0.3 is 0 Å². The number of carbonyl (C=O) groups is 1. The largest absolute Gasteiger partial charge is 0.299 e. The highest BCUT2D eigenvalue weighted by molar-refractivity contribution is 6.42. The van der Waals surface area contributed by atoms with Crippen LogP contribution < -0.4 is 0 Å². The highest BCUT2D eigenvalue weighted by Crippen LogP contribution is 2.26. The van der Waals surface area contributed by atoms with E-state index in [1.165, 1.54) is 0 Å². The Morgan fingerprint density at radius 2 is 1.94 bits per heavy atom. The molecule has 0 atom stereocenters. The maximum Gasteiger partial charge on any atom is 0.141 e. The number of hydrogen-bond acceptors (Lipinski definition) is 2. The van der Waals surface area contributed by atoms with Crippen LogP contribution in [-0.2, 0) is 17.6 Å². The number of halogens is 2. The number of benzene rings is 1. The van der Waals surface area contributed by atoms with Crippen molar-refractivity contribution in [3.63, 3.8) is 0 Å². The predicted molar refractivity (Wildman–Crippen MR) is 73.1 cm³/mol. The maximum absolute atomic E-state index is 11.9. The molecule has 0 radical (unpaired) electrons. The van der Waals surface area contributed by atoms with E-state index < -0.39 is 0 Å². The van der Waals surface area contributed by atoms with Gasteiger partial charge in [-0.2, -0.15) is 0 Å². The van der Waals surface area contributed by atoms with E-state index >= 15 is 0 Å². The summed E-state index contributed by atoms with van der Waals surface area (Å²) in [4.78, 5) is 15.9. The second-order valence-corrected chi connectivity index (χ2v) is 4.75. The molecule has 0 saturated carbocycles. The number of pyridine rings is 1. The van der Waals surface area contributed by atoms with Gasteiger partial charge in [-0.05, 0) is 23.3 Å². The zero-order valence-electron chi connectivity index (χ0n) is 9.57. The number of carbonyl (C=O) groups excluding carboxylic acids is 1. The monoisotopic (exact) mass is 279 g/mol. The van der Waals surface area contributed by atoms with Gasteiger partial charge in [0.05, 0.1) is 10.0 Å². The fraction of sp³-hybridized carbons (Fsp3) is 0.143. The van der Waals surface area contributed by atoms with E-state index in [0.717, 1.165) is 11.1 Å². The Hall–Kier alpha value is -1.38. The number of nitrogens with zero attached hydrogens (tertiary/aromatic N) is 1. The average Bonchev–Trinajstić information content (AvgIpc) is 2.36. The molecule has 1 heterocycles. The van der Waals surface area contributed by atoms with Gasteiger partial charge in [-0.25, -0.2) is 0 Å². The molecule has 1 aromatic heterocycles. The van der Waals surface area contributed by atoms with Crippen LogP contribution in [0, 0.1) is 0 Å². The maximum atomic E-state index is 11.9. The number of hydrogen-bond donors (Lipinski definition) is 0. The molecule has 0 bridgehead atoms. The summed E-state index contributed by atoms with van der Waals surface area (Å²) >= 11 is 11.9. The molecule has 0 aliphatic carbocycles. The van der Waals surface area contributed by atoms with E-state index in [9.17, 15) is 4.79 Å². The lowest BCUT2D eigenvalue weighted by molar-refractivity contribution is -0.117. The molecule has 1 aromatic carbocycles. The van der Waals surface area contributed by atoms with Crippen molar-refractivity contribution >= 4 is 29.0 Å². The SMILES string of the molecule is O=C(Cc1cccnc1)Cc1cccc(Cl)c1Cl. The molecule has 0 spiro atoms. The number of ketones is 1. The molecule has 0 aliphatic heterocycles. The van der Waals surface area contributed by atoms with Crippen molar-refractivity contribution in [3.05, 3.63) is 63.9 Å². The van der Waals surface area contributed by atoms with Gasteiger partial charge in [0.15, 0.2) is 0 Å². The standard InChI is InChI=1S/C14H11Cl2NO/c15-13-5-1-4-11(14(13)16)8-12(18)7-10-3-2-6-17-9-10/h1-6,9H,7-8H2. The highest BCUT2D eigenvalue weighted by atomic mass is 35.5. The average molecular weight is 280 g/mol. The van der Waals surface area contributed by atoms with E-state index in [1.54, 1.807) is 24.5 Å². The lowest BCUT2D eigenvalue weighted by Gasteiger charge is -2.05. The van der Waals surface area contributed by atoms with Crippen LogP contribution in [0.3, 0.4) is 0 Å². The van der Waals surface area contributed by atoms with Crippen LogP contribution in [-0.4, -0.2) is 10.8 Å². The summed E-state index contributed by atoms with van der Waals surface area (Å²) in [5.41, 5.74) is 1.67. The third-order valence-corrected chi connectivity index (χ3v) is 3.40. The second kappa shape index (κ2) is 5.98. The summed E-state index contributed by atoms with van der Waals surface area (Å²) in [7, 11) is 0. The summed E-state index contributed by atoms with van der Waals surface area (Å²) in [6.45, 7) is 0. The van der Waals surface area contributed by atoms with Crippen molar-refractivity contribution < 1.29 is 4.79 Å². The van der Waals surface area contributed by atoms with Crippen molar-refractivity contribution in [2.24, 2.45) is 0 Å². The van der Waals surface area contributed by atoms with Crippen LogP contribution in [0.25, 0.3) is 0 Å². The summed E-state index contributed by atoms with van der Waals surface area (Å²) in [6.07, 6.45) is 4.02. The van der Waals surface area contributed by atoms with Crippen molar-refractivity contribution in [3.8, 4) is 0 Å². The highest BCUT2D eigenvalue weighted by Gasteiger charge is 2.10. The van der Waals surface area contributed by atoms with Crippen molar-refractivity contribution in [2.75, 3.05) is 0 Å². The van der Waals surface area contributed by atoms with Gasteiger partial charge in [0.2, 0.25) is 0 Å². The quantitative estimate of drug-likeness (QED) is 0.853. The zero-order valence-corrected chi connectivity index (χ0v) is 11.1. The normalized spacial score (nSPS) is 10.3. The Balaban J connectivity index is 2.06. The van der Waals surface area contributed by atoms with Gasteiger partial charge in [0, 0.05) is 25.2 Å². The fourth-order valence-corrected chi connectivity index (χ4v) is 2.08. The number of aromatic nitrogens is 1. The molecule has 4 heteroatoms. The molecule has 0 unspecified atom stereocenters. The van der Waals surface area contributed by atoms with E-state index in [2.05, 4.69) is 4.98 Å². The van der Waals surface area contributed by atoms with Crippen LogP contribution in [0.4, 0.5) is 0 Å². The molecule has 2 rings (SSSR count). The Bertz CT molecular complexity index is 555. The van der Waals surface area contributed by atoms with Crippen LogP contribution in [0.1, 0.15) is 11.1 Å². The zero-order chi connectivity index (χ0) is 13.0. The van der Waals surface area contributed by atoms with Gasteiger partial charge in [0.25, 0.3) is 0 Å². The summed E-state index contributed by atoms with van der Waals surface area (Å²) < 4.78 is 0. The van der Waals surface area contributed by atoms with Crippen LogP contribution in [0.15, 0.2) is 42.7 Å². The van der Waals surface area contributed by atoms with Crippen molar-refractivity contribution in [2.45, 2.75) is 12.8 Å². The van der Waals surface area contributed by atoms with E-state index in [1.807, 2.05) is 18.2 Å². The molecule has 92 valence electrons. The molecule has 2 aromatic rings. The molecule has 18 heavy (non-hydrogen) atoms. The van der Waals surface area contributed by atoms with Gasteiger partial charge in [-0.1, -0.05) is 41.4 Å². The van der Waals surface area contributed by atoms with Crippen molar-refractivity contribution in [1.82, 2.24) is 4.98 Å². The van der Waals surface area contributed by atoms with Gasteiger partial charge in [-0.15, -0.1) is 0 Å². The van der Waals surface area contributed by atoms with Gasteiger partial charge in [0.1, 0.15) is 5.78 Å². The summed E-state index contributed by atoms with van der Waals surface area (Å²) in [5.74, 6) is 0.0900. The van der Waals surface area contributed by atoms with Crippen LogP contribution >= 0.6 is 23.2 Å². The van der Waals surface area contributed by atoms with Gasteiger partial charge in [-0.3, -0.25) is 9.78 Å². The minimum Gasteiger partial charge on any atom is -0.299 e. The van der Waals surface area contributed by atoms with Crippen LogP contribution in [0.5, 0.6) is 0 Å². The first-order chi connectivity index (χ1) is 8.66. The number of Topliss-reactive ketones (excluding diaryl/α,β-unsaturated/α-hetero) is 1. The predicted octanol–water partition coefficient (Wildman–Crippen LogP) is 3.74. The van der Waals surface area contributed by atoms with Crippen molar-refractivity contribution in [1.29, 1.82) is 0 Å². The topological polar surface area (TPSA) is 30.0 Å². The van der Waals surface area contributed by atoms with Gasteiger partial charge < -0.3 is 0 Å². The first-order valence-electron chi connectivity index (χ1n) is 5.50. The Morgan fingerprint density at radius 3 is 2.67 bits per heavy atom. The third kappa shape index (κ3) is 3.31. The Labute approximate surface area is 116 Å². The third-order valence-electron chi connectivity index (χ3n) is 2.54. The summed E-state index contributed by atoms with van der Waals surface area (Å²) in [6, 6.07) is 9.01. The fourth-order valence-electron chi connectivity index (χ4n) is 1.69. The first-order valence-corrected chi connectivity index (χ1v) is 6.26. The van der Waals surface area contributed by atoms with E-state index in [4.69, 9.17) is 23.2 Å². The first kappa shape index (κ1) is 13.1. The molecule has 0 aliphatic rings. The lowest BCUT2D eigenvalue weighted by Crippen LogP contribution is -2.07. The molecule has 0 saturated heterocycles. The molecule has 0 N–H and O–H groups in total. The lowest BCUT2D eigenvalue weighted by atomic mass is 10.0. The van der Waals surface area contributed by atoms with E-state index in [-0.39, 0.29) is 12.2 Å². The Kier molecular flexibility index (Phi) is 4.34. The molecular formula is C14H11Cl2NO.